The molecule has 0 saturated carbocycles. The highest BCUT2D eigenvalue weighted by Crippen LogP contribution is 2.29. The third-order valence-electron chi connectivity index (χ3n) is 1.74. The van der Waals surface area contributed by atoms with Crippen LogP contribution in [0.1, 0.15) is 11.6 Å². The van der Waals surface area contributed by atoms with Gasteiger partial charge in [-0.1, -0.05) is 11.6 Å². The lowest BCUT2D eigenvalue weighted by Crippen LogP contribution is -2.21. The second-order valence-corrected chi connectivity index (χ2v) is 3.04. The molecule has 1 aromatic rings. The van der Waals surface area contributed by atoms with Gasteiger partial charge in [0.25, 0.3) is 0 Å². The van der Waals surface area contributed by atoms with Gasteiger partial charge in [-0.2, -0.15) is 0 Å². The van der Waals surface area contributed by atoms with Gasteiger partial charge in [-0.3, -0.25) is 15.1 Å². The zero-order valence-electron chi connectivity index (χ0n) is 7.18. The SMILES string of the molecule is NCC(N)c1cncc([N+](=O)[O-])c1Cl. The molecule has 0 fully saturated rings. The Labute approximate surface area is 85.0 Å². The van der Waals surface area contributed by atoms with Crippen LogP contribution in [0.5, 0.6) is 0 Å². The Morgan fingerprint density at radius 3 is 2.79 bits per heavy atom. The molecule has 1 heterocycles. The van der Waals surface area contributed by atoms with Gasteiger partial charge < -0.3 is 11.5 Å². The summed E-state index contributed by atoms with van der Waals surface area (Å²) in [7, 11) is 0. The van der Waals surface area contributed by atoms with E-state index in [4.69, 9.17) is 23.1 Å². The van der Waals surface area contributed by atoms with E-state index in [0.717, 1.165) is 6.20 Å². The number of pyridine rings is 1. The Balaban J connectivity index is 3.20. The maximum Gasteiger partial charge on any atom is 0.306 e. The number of hydrogen-bond acceptors (Lipinski definition) is 5. The summed E-state index contributed by atoms with van der Waals surface area (Å²) in [5.41, 5.74) is 11.0. The first kappa shape index (κ1) is 10.8. The van der Waals surface area contributed by atoms with Gasteiger partial charge in [-0.25, -0.2) is 0 Å². The van der Waals surface area contributed by atoms with E-state index in [-0.39, 0.29) is 17.3 Å². The zero-order chi connectivity index (χ0) is 10.7. The Morgan fingerprint density at radius 2 is 2.29 bits per heavy atom. The van der Waals surface area contributed by atoms with Crippen molar-refractivity contribution in [2.75, 3.05) is 6.54 Å². The number of hydrogen-bond donors (Lipinski definition) is 2. The molecule has 0 saturated heterocycles. The Kier molecular flexibility index (Phi) is 3.34. The molecule has 7 heteroatoms. The van der Waals surface area contributed by atoms with E-state index in [9.17, 15) is 10.1 Å². The van der Waals surface area contributed by atoms with Crippen LogP contribution >= 0.6 is 11.6 Å². The normalized spacial score (nSPS) is 12.5. The third-order valence-corrected chi connectivity index (χ3v) is 2.15. The van der Waals surface area contributed by atoms with E-state index >= 15 is 0 Å². The first-order chi connectivity index (χ1) is 6.57. The lowest BCUT2D eigenvalue weighted by Gasteiger charge is -2.09. The molecule has 0 radical (unpaired) electrons. The van der Waals surface area contributed by atoms with Crippen molar-refractivity contribution in [3.05, 3.63) is 33.1 Å². The van der Waals surface area contributed by atoms with Crippen molar-refractivity contribution < 1.29 is 4.92 Å². The lowest BCUT2D eigenvalue weighted by atomic mass is 10.1. The largest absolute Gasteiger partial charge is 0.329 e. The minimum absolute atomic E-state index is 0.00273. The summed E-state index contributed by atoms with van der Waals surface area (Å²) in [5.74, 6) is 0. The third kappa shape index (κ3) is 1.98. The van der Waals surface area contributed by atoms with Gasteiger partial charge in [-0.05, 0) is 0 Å². The second-order valence-electron chi connectivity index (χ2n) is 2.66. The smallest absolute Gasteiger partial charge is 0.306 e. The fraction of sp³-hybridized carbons (Fsp3) is 0.286. The van der Waals surface area contributed by atoms with Crippen molar-refractivity contribution in [1.82, 2.24) is 4.98 Å². The van der Waals surface area contributed by atoms with E-state index in [0.29, 0.717) is 5.56 Å². The average molecular weight is 217 g/mol. The van der Waals surface area contributed by atoms with Gasteiger partial charge in [0.1, 0.15) is 11.2 Å². The molecular weight excluding hydrogens is 208 g/mol. The predicted octanol–water partition coefficient (Wildman–Crippen LogP) is 0.602. The Bertz CT molecular complexity index is 358. The molecule has 0 aromatic carbocycles. The van der Waals surface area contributed by atoms with E-state index in [2.05, 4.69) is 4.98 Å². The molecule has 0 spiro atoms. The fourth-order valence-electron chi connectivity index (χ4n) is 0.962. The van der Waals surface area contributed by atoms with E-state index in [1.165, 1.54) is 6.20 Å². The molecule has 0 bridgehead atoms. The monoisotopic (exact) mass is 216 g/mol. The number of nitro groups is 1. The summed E-state index contributed by atoms with van der Waals surface area (Å²) in [6.07, 6.45) is 2.46. The van der Waals surface area contributed by atoms with Crippen LogP contribution in [0.25, 0.3) is 0 Å². The van der Waals surface area contributed by atoms with Gasteiger partial charge >= 0.3 is 5.69 Å². The summed E-state index contributed by atoms with van der Waals surface area (Å²) in [4.78, 5) is 13.6. The number of aromatic nitrogens is 1. The van der Waals surface area contributed by atoms with Crippen LogP contribution < -0.4 is 11.5 Å². The molecule has 6 nitrogen and oxygen atoms in total. The maximum absolute atomic E-state index is 10.5. The van der Waals surface area contributed by atoms with Crippen molar-refractivity contribution in [3.8, 4) is 0 Å². The highest BCUT2D eigenvalue weighted by atomic mass is 35.5. The van der Waals surface area contributed by atoms with Gasteiger partial charge in [-0.15, -0.1) is 0 Å². The van der Waals surface area contributed by atoms with Crippen LogP contribution in [0.2, 0.25) is 5.02 Å². The molecule has 0 amide bonds. The molecule has 1 aromatic heterocycles. The summed E-state index contributed by atoms with van der Waals surface area (Å²) in [5, 5.41) is 10.5. The van der Waals surface area contributed by atoms with Crippen molar-refractivity contribution in [2.45, 2.75) is 6.04 Å². The maximum atomic E-state index is 10.5. The molecule has 0 aliphatic carbocycles. The molecule has 1 rings (SSSR count). The molecule has 0 aliphatic heterocycles. The highest BCUT2D eigenvalue weighted by molar-refractivity contribution is 6.33. The Hall–Kier alpha value is -1.24. The number of rotatable bonds is 3. The first-order valence-corrected chi connectivity index (χ1v) is 4.19. The first-order valence-electron chi connectivity index (χ1n) is 3.81. The van der Waals surface area contributed by atoms with E-state index in [1.807, 2.05) is 0 Å². The Morgan fingerprint density at radius 1 is 1.64 bits per heavy atom. The average Bonchev–Trinajstić information content (AvgIpc) is 2.16. The van der Waals surface area contributed by atoms with Crippen molar-refractivity contribution in [1.29, 1.82) is 0 Å². The molecule has 4 N–H and O–H groups in total. The van der Waals surface area contributed by atoms with Crippen LogP contribution in [0, 0.1) is 10.1 Å². The van der Waals surface area contributed by atoms with Gasteiger partial charge in [0.05, 0.1) is 4.92 Å². The fourth-order valence-corrected chi connectivity index (χ4v) is 1.27. The standard InChI is InChI=1S/C7H9ClN4O2/c8-7-4(5(10)1-9)2-11-3-6(7)12(13)14/h2-3,5H,1,9-10H2. The summed E-state index contributed by atoms with van der Waals surface area (Å²) in [6.45, 7) is 0.155. The number of nitrogens with zero attached hydrogens (tertiary/aromatic N) is 2. The quantitative estimate of drug-likeness (QED) is 0.568. The second kappa shape index (κ2) is 4.32. The van der Waals surface area contributed by atoms with Crippen molar-refractivity contribution in [2.24, 2.45) is 11.5 Å². The van der Waals surface area contributed by atoms with E-state index in [1.54, 1.807) is 0 Å². The van der Waals surface area contributed by atoms with Crippen LogP contribution in [0.3, 0.4) is 0 Å². The molecule has 0 aliphatic rings. The summed E-state index contributed by atoms with van der Waals surface area (Å²) >= 11 is 5.76. The molecule has 1 unspecified atom stereocenters. The molecule has 14 heavy (non-hydrogen) atoms. The van der Waals surface area contributed by atoms with Crippen LogP contribution in [-0.4, -0.2) is 16.5 Å². The lowest BCUT2D eigenvalue weighted by molar-refractivity contribution is -0.385. The van der Waals surface area contributed by atoms with Gasteiger partial charge in [0.2, 0.25) is 0 Å². The minimum atomic E-state index is -0.609. The molecular formula is C7H9ClN4O2. The van der Waals surface area contributed by atoms with Crippen LogP contribution in [0.15, 0.2) is 12.4 Å². The van der Waals surface area contributed by atoms with Crippen molar-refractivity contribution >= 4 is 17.3 Å². The van der Waals surface area contributed by atoms with Gasteiger partial charge in [0, 0.05) is 24.3 Å². The van der Waals surface area contributed by atoms with E-state index < -0.39 is 11.0 Å². The summed E-state index contributed by atoms with van der Waals surface area (Å²) < 4.78 is 0. The number of halogens is 1. The van der Waals surface area contributed by atoms with Crippen molar-refractivity contribution in [3.63, 3.8) is 0 Å². The molecule has 76 valence electrons. The number of nitrogens with two attached hydrogens (primary N) is 2. The van der Waals surface area contributed by atoms with Crippen LogP contribution in [0.4, 0.5) is 5.69 Å². The summed E-state index contributed by atoms with van der Waals surface area (Å²) in [6, 6.07) is -0.533. The zero-order valence-corrected chi connectivity index (χ0v) is 7.94. The predicted molar refractivity (Wildman–Crippen MR) is 51.9 cm³/mol. The topological polar surface area (TPSA) is 108 Å². The minimum Gasteiger partial charge on any atom is -0.329 e. The highest BCUT2D eigenvalue weighted by Gasteiger charge is 2.19. The van der Waals surface area contributed by atoms with Gasteiger partial charge in [0.15, 0.2) is 0 Å². The molecule has 1 atom stereocenters. The van der Waals surface area contributed by atoms with Crippen LogP contribution in [-0.2, 0) is 0 Å².